The highest BCUT2D eigenvalue weighted by Crippen LogP contribution is 2.13. The van der Waals surface area contributed by atoms with Gasteiger partial charge < -0.3 is 4.42 Å². The number of hydrogen-bond donors (Lipinski definition) is 0. The molecule has 1 heterocycles. The summed E-state index contributed by atoms with van der Waals surface area (Å²) in [6.07, 6.45) is 1.58. The average Bonchev–Trinajstić information content (AvgIpc) is 2.74. The van der Waals surface area contributed by atoms with E-state index >= 15 is 0 Å². The second-order valence-electron chi connectivity index (χ2n) is 4.72. The molecule has 1 aromatic heterocycles. The second kappa shape index (κ2) is 5.96. The molecule has 5 heteroatoms. The van der Waals surface area contributed by atoms with Gasteiger partial charge in [-0.05, 0) is 32.2 Å². The number of carbonyl (C=O) groups is 1. The lowest BCUT2D eigenvalue weighted by atomic mass is 10.1. The maximum Gasteiger partial charge on any atom is 0.179 e. The summed E-state index contributed by atoms with van der Waals surface area (Å²) in [5.41, 5.74) is 0.877. The number of Topliss-reactive ketones (excluding diaryl/α,β-unsaturated/α-hetero) is 1. The Kier molecular flexibility index (Phi) is 4.29. The van der Waals surface area contributed by atoms with Crippen LogP contribution in [-0.4, -0.2) is 24.3 Å². The summed E-state index contributed by atoms with van der Waals surface area (Å²) in [5, 5.41) is 0. The molecule has 0 saturated heterocycles. The van der Waals surface area contributed by atoms with E-state index in [1.165, 1.54) is 6.07 Å². The third kappa shape index (κ3) is 3.30. The number of carbonyl (C=O) groups excluding carboxylic acids is 1. The molecule has 3 nitrogen and oxygen atoms in total. The molecule has 0 bridgehead atoms. The van der Waals surface area contributed by atoms with Crippen molar-refractivity contribution in [1.29, 1.82) is 0 Å². The first-order valence-corrected chi connectivity index (χ1v) is 6.17. The van der Waals surface area contributed by atoms with E-state index in [1.807, 2.05) is 13.0 Å². The molecule has 0 aliphatic carbocycles. The van der Waals surface area contributed by atoms with Crippen molar-refractivity contribution < 1.29 is 18.0 Å². The number of aryl methyl sites for hydroxylation is 1. The minimum atomic E-state index is -0.831. The molecule has 0 unspecified atom stereocenters. The molecule has 0 radical (unpaired) electrons. The van der Waals surface area contributed by atoms with Gasteiger partial charge in [0.1, 0.15) is 17.4 Å². The Morgan fingerprint density at radius 1 is 1.30 bits per heavy atom. The monoisotopic (exact) mass is 279 g/mol. The molecule has 0 aliphatic rings. The Bertz CT molecular complexity index is 622. The molecular formula is C15H15F2NO2. The van der Waals surface area contributed by atoms with E-state index < -0.39 is 11.6 Å². The lowest BCUT2D eigenvalue weighted by Gasteiger charge is -2.15. The normalized spacial score (nSPS) is 11.1. The molecule has 0 N–H and O–H groups in total. The summed E-state index contributed by atoms with van der Waals surface area (Å²) < 4.78 is 31.5. The number of rotatable bonds is 5. The van der Waals surface area contributed by atoms with Crippen LogP contribution in [0.15, 0.2) is 34.9 Å². The molecule has 2 aromatic rings. The van der Waals surface area contributed by atoms with Gasteiger partial charge in [0.05, 0.1) is 18.4 Å². The Morgan fingerprint density at radius 2 is 2.05 bits per heavy atom. The van der Waals surface area contributed by atoms with Crippen molar-refractivity contribution in [2.45, 2.75) is 13.5 Å². The lowest BCUT2D eigenvalue weighted by Crippen LogP contribution is -2.26. The van der Waals surface area contributed by atoms with Crippen molar-refractivity contribution in [2.75, 3.05) is 13.6 Å². The van der Waals surface area contributed by atoms with Crippen LogP contribution in [0.5, 0.6) is 0 Å². The van der Waals surface area contributed by atoms with Crippen LogP contribution in [0.3, 0.4) is 0 Å². The zero-order valence-corrected chi connectivity index (χ0v) is 11.3. The van der Waals surface area contributed by atoms with Crippen LogP contribution < -0.4 is 0 Å². The van der Waals surface area contributed by atoms with Gasteiger partial charge in [0.2, 0.25) is 0 Å². The van der Waals surface area contributed by atoms with Gasteiger partial charge in [-0.25, -0.2) is 8.78 Å². The largest absolute Gasteiger partial charge is 0.469 e. The molecule has 0 spiro atoms. The number of halogens is 2. The number of nitrogens with zero attached hydrogens (tertiary/aromatic N) is 1. The zero-order valence-electron chi connectivity index (χ0n) is 11.3. The molecular weight excluding hydrogens is 264 g/mol. The SMILES string of the molecule is Cc1occc1CN(C)CC(=O)c1ccc(F)cc1F. The molecule has 2 rings (SSSR count). The van der Waals surface area contributed by atoms with E-state index in [2.05, 4.69) is 0 Å². The van der Waals surface area contributed by atoms with Crippen LogP contribution in [0.1, 0.15) is 21.7 Å². The van der Waals surface area contributed by atoms with Gasteiger partial charge in [-0.2, -0.15) is 0 Å². The van der Waals surface area contributed by atoms with Crippen molar-refractivity contribution in [3.05, 3.63) is 59.1 Å². The summed E-state index contributed by atoms with van der Waals surface area (Å²) in [5.74, 6) is -1.12. The standard InChI is InChI=1S/C15H15F2NO2/c1-10-11(5-6-20-10)8-18(2)9-15(19)13-4-3-12(16)7-14(13)17/h3-7H,8-9H2,1-2H3. The van der Waals surface area contributed by atoms with Crippen LogP contribution in [-0.2, 0) is 6.54 Å². The summed E-state index contributed by atoms with van der Waals surface area (Å²) in [6, 6.07) is 4.79. The summed E-state index contributed by atoms with van der Waals surface area (Å²) in [6.45, 7) is 2.41. The third-order valence-electron chi connectivity index (χ3n) is 3.05. The van der Waals surface area contributed by atoms with Gasteiger partial charge in [-0.15, -0.1) is 0 Å². The van der Waals surface area contributed by atoms with E-state index in [1.54, 1.807) is 18.2 Å². The first-order valence-electron chi connectivity index (χ1n) is 6.17. The molecule has 20 heavy (non-hydrogen) atoms. The van der Waals surface area contributed by atoms with Crippen LogP contribution in [0.25, 0.3) is 0 Å². The summed E-state index contributed by atoms with van der Waals surface area (Å²) in [4.78, 5) is 13.7. The Morgan fingerprint density at radius 3 is 2.65 bits per heavy atom. The summed E-state index contributed by atoms with van der Waals surface area (Å²) in [7, 11) is 1.76. The third-order valence-corrected chi connectivity index (χ3v) is 3.05. The van der Waals surface area contributed by atoms with E-state index in [-0.39, 0.29) is 17.9 Å². The number of likely N-dealkylation sites (N-methyl/N-ethyl adjacent to an activating group) is 1. The Labute approximate surface area is 115 Å². The highest BCUT2D eigenvalue weighted by molar-refractivity contribution is 5.97. The topological polar surface area (TPSA) is 33.5 Å². The number of furan rings is 1. The van der Waals surface area contributed by atoms with Gasteiger partial charge in [0.25, 0.3) is 0 Å². The molecule has 106 valence electrons. The molecule has 0 aliphatic heterocycles. The predicted molar refractivity (Wildman–Crippen MR) is 70.5 cm³/mol. The Hall–Kier alpha value is -2.01. The van der Waals surface area contributed by atoms with Crippen molar-refractivity contribution in [3.8, 4) is 0 Å². The fraction of sp³-hybridized carbons (Fsp3) is 0.267. The first kappa shape index (κ1) is 14.4. The smallest absolute Gasteiger partial charge is 0.179 e. The van der Waals surface area contributed by atoms with E-state index in [0.717, 1.165) is 17.4 Å². The maximum absolute atomic E-state index is 13.5. The Balaban J connectivity index is 2.02. The molecule has 0 amide bonds. The van der Waals surface area contributed by atoms with Gasteiger partial charge in [0, 0.05) is 18.2 Å². The summed E-state index contributed by atoms with van der Waals surface area (Å²) >= 11 is 0. The van der Waals surface area contributed by atoms with E-state index in [4.69, 9.17) is 4.42 Å². The van der Waals surface area contributed by atoms with Crippen LogP contribution >= 0.6 is 0 Å². The van der Waals surface area contributed by atoms with Gasteiger partial charge in [-0.1, -0.05) is 0 Å². The zero-order chi connectivity index (χ0) is 14.7. The maximum atomic E-state index is 13.5. The fourth-order valence-electron chi connectivity index (χ4n) is 1.97. The minimum absolute atomic E-state index is 0.0488. The lowest BCUT2D eigenvalue weighted by molar-refractivity contribution is 0.0938. The van der Waals surface area contributed by atoms with E-state index in [9.17, 15) is 13.6 Å². The highest BCUT2D eigenvalue weighted by Gasteiger charge is 2.15. The van der Waals surface area contributed by atoms with Crippen molar-refractivity contribution in [3.63, 3.8) is 0 Å². The van der Waals surface area contributed by atoms with Crippen molar-refractivity contribution in [2.24, 2.45) is 0 Å². The predicted octanol–water partition coefficient (Wildman–Crippen LogP) is 3.18. The molecule has 0 atom stereocenters. The van der Waals surface area contributed by atoms with Crippen LogP contribution in [0.2, 0.25) is 0 Å². The number of ketones is 1. The molecule has 1 aromatic carbocycles. The second-order valence-corrected chi connectivity index (χ2v) is 4.72. The molecule has 0 saturated carbocycles. The number of hydrogen-bond acceptors (Lipinski definition) is 3. The minimum Gasteiger partial charge on any atom is -0.469 e. The van der Waals surface area contributed by atoms with Gasteiger partial charge in [0.15, 0.2) is 5.78 Å². The number of benzene rings is 1. The fourth-order valence-corrected chi connectivity index (χ4v) is 1.97. The van der Waals surface area contributed by atoms with Crippen LogP contribution in [0, 0.1) is 18.6 Å². The van der Waals surface area contributed by atoms with E-state index in [0.29, 0.717) is 12.6 Å². The van der Waals surface area contributed by atoms with Crippen LogP contribution in [0.4, 0.5) is 8.78 Å². The van der Waals surface area contributed by atoms with Gasteiger partial charge >= 0.3 is 0 Å². The van der Waals surface area contributed by atoms with Gasteiger partial charge in [-0.3, -0.25) is 9.69 Å². The molecule has 0 fully saturated rings. The first-order chi connectivity index (χ1) is 9.47. The average molecular weight is 279 g/mol. The van der Waals surface area contributed by atoms with Crippen molar-refractivity contribution >= 4 is 5.78 Å². The highest BCUT2D eigenvalue weighted by atomic mass is 19.1. The van der Waals surface area contributed by atoms with Crippen molar-refractivity contribution in [1.82, 2.24) is 4.90 Å². The quantitative estimate of drug-likeness (QED) is 0.788.